The van der Waals surface area contributed by atoms with E-state index in [0.717, 1.165) is 16.7 Å². The molecule has 0 radical (unpaired) electrons. The number of likely N-dealkylation sites (tertiary alicyclic amines) is 1. The summed E-state index contributed by atoms with van der Waals surface area (Å²) in [6, 6.07) is 26.6. The van der Waals surface area contributed by atoms with E-state index in [4.69, 9.17) is 9.47 Å². The van der Waals surface area contributed by atoms with E-state index in [2.05, 4.69) is 21.2 Å². The number of amides is 2. The van der Waals surface area contributed by atoms with Crippen LogP contribution < -0.4 is 5.32 Å². The summed E-state index contributed by atoms with van der Waals surface area (Å²) in [6.07, 6.45) is -1.74. The summed E-state index contributed by atoms with van der Waals surface area (Å²) in [5, 5.41) is 2.77. The Morgan fingerprint density at radius 3 is 1.93 bits per heavy atom. The summed E-state index contributed by atoms with van der Waals surface area (Å²) >= 11 is 3.11. The highest BCUT2D eigenvalue weighted by molar-refractivity contribution is 9.09. The van der Waals surface area contributed by atoms with Crippen molar-refractivity contribution in [3.05, 3.63) is 119 Å². The molecule has 1 N–H and O–H groups in total. The van der Waals surface area contributed by atoms with E-state index in [0.29, 0.717) is 5.57 Å². The Kier molecular flexibility index (Phi) is 10.2. The normalized spacial score (nSPS) is 16.1. The van der Waals surface area contributed by atoms with Gasteiger partial charge in [0.1, 0.15) is 12.3 Å². The van der Waals surface area contributed by atoms with E-state index < -0.39 is 30.3 Å². The summed E-state index contributed by atoms with van der Waals surface area (Å²) in [5.41, 5.74) is 2.81. The Labute approximate surface area is 247 Å². The Morgan fingerprint density at radius 1 is 0.878 bits per heavy atom. The van der Waals surface area contributed by atoms with Gasteiger partial charge in [0.2, 0.25) is 5.91 Å². The molecule has 3 aromatic carbocycles. The molecule has 0 spiro atoms. The number of halogens is 1. The van der Waals surface area contributed by atoms with Crippen molar-refractivity contribution in [3.63, 3.8) is 0 Å². The van der Waals surface area contributed by atoms with Crippen LogP contribution in [-0.2, 0) is 35.1 Å². The number of hydrogen-bond acceptors (Lipinski definition) is 6. The van der Waals surface area contributed by atoms with Gasteiger partial charge in [0, 0.05) is 0 Å². The minimum Gasteiger partial charge on any atom is -0.448 e. The third-order valence-corrected chi connectivity index (χ3v) is 7.09. The number of benzene rings is 3. The first kappa shape index (κ1) is 29.9. The monoisotopic (exact) mass is 618 g/mol. The van der Waals surface area contributed by atoms with Crippen LogP contribution in [-0.4, -0.2) is 52.7 Å². The van der Waals surface area contributed by atoms with Gasteiger partial charge in [-0.25, -0.2) is 4.79 Å². The molecule has 3 aromatic rings. The highest BCUT2D eigenvalue weighted by Crippen LogP contribution is 2.33. The standard InChI is InChI=1S/C32H31BrN2O6/c1-21(2)28(32(39)41-29(23-14-8-4-9-15-23)24-16-10-5-11-17-24)35-30(38)27(31(35)40-20-25(36)19-33)34-26(37)18-22-12-6-3-7-13-22/h3-17,27,29,31H,18-20H2,1-2H3,(H,34,37)/t27-,31+/m1/s1. The van der Waals surface area contributed by atoms with E-state index >= 15 is 0 Å². The zero-order chi connectivity index (χ0) is 29.4. The number of Topliss-reactive ketones (excluding diaryl/α,β-unsaturated/α-hetero) is 1. The van der Waals surface area contributed by atoms with Gasteiger partial charge in [0.15, 0.2) is 24.2 Å². The lowest BCUT2D eigenvalue weighted by atomic mass is 9.99. The maximum Gasteiger partial charge on any atom is 0.356 e. The predicted molar refractivity (Wildman–Crippen MR) is 157 cm³/mol. The number of carbonyl (C=O) groups excluding carboxylic acids is 4. The maximum absolute atomic E-state index is 13.7. The smallest absolute Gasteiger partial charge is 0.356 e. The molecule has 1 fully saturated rings. The molecule has 0 unspecified atom stereocenters. The van der Waals surface area contributed by atoms with Crippen molar-refractivity contribution < 1.29 is 28.7 Å². The lowest BCUT2D eigenvalue weighted by molar-refractivity contribution is -0.183. The highest BCUT2D eigenvalue weighted by Gasteiger charge is 2.53. The molecule has 8 nitrogen and oxygen atoms in total. The Morgan fingerprint density at radius 2 is 1.41 bits per heavy atom. The fourth-order valence-corrected chi connectivity index (χ4v) is 4.68. The lowest BCUT2D eigenvalue weighted by Crippen LogP contribution is -2.72. The molecular weight excluding hydrogens is 588 g/mol. The van der Waals surface area contributed by atoms with Crippen molar-refractivity contribution in [1.82, 2.24) is 10.2 Å². The van der Waals surface area contributed by atoms with Gasteiger partial charge in [-0.1, -0.05) is 107 Å². The van der Waals surface area contributed by atoms with Gasteiger partial charge >= 0.3 is 5.97 Å². The third-order valence-electron chi connectivity index (χ3n) is 6.47. The topological polar surface area (TPSA) is 102 Å². The molecule has 41 heavy (non-hydrogen) atoms. The number of allylic oxidation sites excluding steroid dienone is 1. The van der Waals surface area contributed by atoms with Gasteiger partial charge in [0.05, 0.1) is 11.8 Å². The number of β-lactam (4-membered cyclic amide) rings is 1. The van der Waals surface area contributed by atoms with E-state index in [9.17, 15) is 19.2 Å². The van der Waals surface area contributed by atoms with Crippen molar-refractivity contribution in [2.75, 3.05) is 11.9 Å². The molecule has 212 valence electrons. The van der Waals surface area contributed by atoms with Crippen LogP contribution in [0.5, 0.6) is 0 Å². The van der Waals surface area contributed by atoms with Crippen LogP contribution in [0.3, 0.4) is 0 Å². The molecule has 2 atom stereocenters. The van der Waals surface area contributed by atoms with Gasteiger partial charge in [-0.2, -0.15) is 0 Å². The second kappa shape index (κ2) is 14.0. The van der Waals surface area contributed by atoms with Gasteiger partial charge in [-0.3, -0.25) is 19.3 Å². The van der Waals surface area contributed by atoms with Crippen molar-refractivity contribution in [1.29, 1.82) is 0 Å². The summed E-state index contributed by atoms with van der Waals surface area (Å²) in [6.45, 7) is 3.06. The maximum atomic E-state index is 13.7. The third kappa shape index (κ3) is 7.36. The Hall–Kier alpha value is -4.08. The van der Waals surface area contributed by atoms with Crippen LogP contribution in [0.2, 0.25) is 0 Å². The molecule has 2 amide bonds. The number of nitrogens with zero attached hydrogens (tertiary/aromatic N) is 1. The number of alkyl halides is 1. The second-order valence-electron chi connectivity index (χ2n) is 9.74. The fraction of sp³-hybridized carbons (Fsp3) is 0.250. The van der Waals surface area contributed by atoms with Crippen LogP contribution in [0.1, 0.15) is 36.6 Å². The van der Waals surface area contributed by atoms with Gasteiger partial charge in [0.25, 0.3) is 5.91 Å². The SMILES string of the molecule is CC(C)=C(C(=O)OC(c1ccccc1)c1ccccc1)N1C(=O)[C@@H](NC(=O)Cc2ccccc2)[C@@H]1OCC(=O)CBr. The highest BCUT2D eigenvalue weighted by atomic mass is 79.9. The summed E-state index contributed by atoms with van der Waals surface area (Å²) in [7, 11) is 0. The van der Waals surface area contributed by atoms with Crippen LogP contribution in [0.15, 0.2) is 102 Å². The largest absolute Gasteiger partial charge is 0.448 e. The van der Waals surface area contributed by atoms with Crippen LogP contribution in [0, 0.1) is 0 Å². The molecular formula is C32H31BrN2O6. The molecule has 0 aromatic heterocycles. The predicted octanol–water partition coefficient (Wildman–Crippen LogP) is 4.49. The number of nitrogens with one attached hydrogen (secondary N) is 1. The Balaban J connectivity index is 1.58. The number of carbonyl (C=O) groups is 4. The number of ether oxygens (including phenoxy) is 2. The molecule has 4 rings (SSSR count). The van der Waals surface area contributed by atoms with Gasteiger partial charge in [-0.05, 0) is 36.1 Å². The minimum absolute atomic E-state index is 0.00304. The number of rotatable bonds is 12. The summed E-state index contributed by atoms with van der Waals surface area (Å²) in [5.74, 6) is -1.91. The first-order valence-electron chi connectivity index (χ1n) is 13.1. The molecule has 0 aliphatic carbocycles. The number of ketones is 1. The number of esters is 1. The van der Waals surface area contributed by atoms with E-state index in [1.54, 1.807) is 13.8 Å². The first-order chi connectivity index (χ1) is 19.8. The molecule has 1 heterocycles. The zero-order valence-corrected chi connectivity index (χ0v) is 24.4. The number of hydrogen-bond donors (Lipinski definition) is 1. The van der Waals surface area contributed by atoms with E-state index in [-0.39, 0.29) is 35.7 Å². The fourth-order valence-electron chi connectivity index (χ4n) is 4.52. The summed E-state index contributed by atoms with van der Waals surface area (Å²) < 4.78 is 11.8. The molecule has 0 bridgehead atoms. The van der Waals surface area contributed by atoms with Gasteiger partial charge < -0.3 is 14.8 Å². The van der Waals surface area contributed by atoms with E-state index in [1.165, 1.54) is 4.90 Å². The van der Waals surface area contributed by atoms with E-state index in [1.807, 2.05) is 91.0 Å². The zero-order valence-electron chi connectivity index (χ0n) is 22.8. The van der Waals surface area contributed by atoms with Crippen molar-refractivity contribution >= 4 is 39.5 Å². The molecule has 1 aliphatic rings. The van der Waals surface area contributed by atoms with Crippen LogP contribution in [0.25, 0.3) is 0 Å². The lowest BCUT2D eigenvalue weighted by Gasteiger charge is -2.47. The van der Waals surface area contributed by atoms with Crippen molar-refractivity contribution in [2.24, 2.45) is 0 Å². The summed E-state index contributed by atoms with van der Waals surface area (Å²) in [4.78, 5) is 53.2. The minimum atomic E-state index is -1.07. The second-order valence-corrected chi connectivity index (χ2v) is 10.3. The average molecular weight is 620 g/mol. The molecule has 0 saturated carbocycles. The van der Waals surface area contributed by atoms with Crippen LogP contribution >= 0.6 is 15.9 Å². The molecule has 1 saturated heterocycles. The quantitative estimate of drug-likeness (QED) is 0.139. The Bertz CT molecular complexity index is 1370. The first-order valence-corrected chi connectivity index (χ1v) is 14.3. The van der Waals surface area contributed by atoms with Gasteiger partial charge in [-0.15, -0.1) is 0 Å². The molecule has 1 aliphatic heterocycles. The van der Waals surface area contributed by atoms with Crippen LogP contribution in [0.4, 0.5) is 0 Å². The van der Waals surface area contributed by atoms with Crippen molar-refractivity contribution in [2.45, 2.75) is 38.6 Å². The average Bonchev–Trinajstić information content (AvgIpc) is 2.99. The molecule has 9 heteroatoms. The van der Waals surface area contributed by atoms with Crippen molar-refractivity contribution in [3.8, 4) is 0 Å².